The van der Waals surface area contributed by atoms with Crippen molar-refractivity contribution in [1.82, 2.24) is 19.7 Å². The lowest BCUT2D eigenvalue weighted by molar-refractivity contribution is -0.117. The van der Waals surface area contributed by atoms with Crippen LogP contribution in [0.4, 0.5) is 11.4 Å². The van der Waals surface area contributed by atoms with Crippen LogP contribution < -0.4 is 10.2 Å². The van der Waals surface area contributed by atoms with E-state index >= 15 is 0 Å². The third kappa shape index (κ3) is 4.32. The molecule has 1 saturated heterocycles. The van der Waals surface area contributed by atoms with Gasteiger partial charge < -0.3 is 10.2 Å². The molecule has 1 aliphatic rings. The third-order valence-corrected chi connectivity index (χ3v) is 4.99. The number of benzene rings is 2. The molecule has 0 radical (unpaired) electrons. The van der Waals surface area contributed by atoms with E-state index in [2.05, 4.69) is 37.3 Å². The molecular formula is C20H21ClN6O. The molecule has 3 aromatic rings. The van der Waals surface area contributed by atoms with Crippen LogP contribution in [0.2, 0.25) is 5.02 Å². The molecule has 0 saturated carbocycles. The molecule has 1 aromatic heterocycles. The van der Waals surface area contributed by atoms with Crippen molar-refractivity contribution in [2.75, 3.05) is 42.9 Å². The second-order valence-corrected chi connectivity index (χ2v) is 7.08. The molecule has 28 heavy (non-hydrogen) atoms. The smallest absolute Gasteiger partial charge is 0.238 e. The van der Waals surface area contributed by atoms with E-state index in [0.29, 0.717) is 17.3 Å². The zero-order valence-corrected chi connectivity index (χ0v) is 16.1. The first kappa shape index (κ1) is 18.5. The highest BCUT2D eigenvalue weighted by atomic mass is 35.5. The second kappa shape index (κ2) is 8.41. The van der Waals surface area contributed by atoms with E-state index in [1.807, 2.05) is 24.3 Å². The van der Waals surface area contributed by atoms with Gasteiger partial charge in [-0.1, -0.05) is 29.8 Å². The van der Waals surface area contributed by atoms with Crippen LogP contribution in [0.25, 0.3) is 5.69 Å². The minimum Gasteiger partial charge on any atom is -0.369 e. The molecule has 4 rings (SSSR count). The van der Waals surface area contributed by atoms with E-state index in [1.54, 1.807) is 23.1 Å². The topological polar surface area (TPSA) is 66.3 Å². The predicted molar refractivity (Wildman–Crippen MR) is 110 cm³/mol. The Hall–Kier alpha value is -2.90. The molecule has 0 aliphatic carbocycles. The van der Waals surface area contributed by atoms with Gasteiger partial charge >= 0.3 is 0 Å². The average molecular weight is 397 g/mol. The maximum absolute atomic E-state index is 12.6. The molecule has 2 aromatic carbocycles. The number of carbonyl (C=O) groups is 1. The monoisotopic (exact) mass is 396 g/mol. The van der Waals surface area contributed by atoms with Crippen LogP contribution in [-0.2, 0) is 4.79 Å². The molecule has 0 bridgehead atoms. The van der Waals surface area contributed by atoms with Gasteiger partial charge in [-0.2, -0.15) is 5.10 Å². The molecule has 1 fully saturated rings. The van der Waals surface area contributed by atoms with Gasteiger partial charge in [0.25, 0.3) is 0 Å². The number of hydrogen-bond acceptors (Lipinski definition) is 5. The highest BCUT2D eigenvalue weighted by Crippen LogP contribution is 2.24. The first-order valence-electron chi connectivity index (χ1n) is 9.16. The Morgan fingerprint density at radius 3 is 2.57 bits per heavy atom. The Labute approximate surface area is 168 Å². The summed E-state index contributed by atoms with van der Waals surface area (Å²) < 4.78 is 1.60. The van der Waals surface area contributed by atoms with Crippen LogP contribution in [0.15, 0.2) is 61.2 Å². The SMILES string of the molecule is O=C(CN1CCN(c2ccccc2)CC1)Nc1cc(Cl)ccc1-n1cncn1. The van der Waals surface area contributed by atoms with Crippen LogP contribution in [-0.4, -0.2) is 58.3 Å². The highest BCUT2D eigenvalue weighted by Gasteiger charge is 2.20. The lowest BCUT2D eigenvalue weighted by Gasteiger charge is -2.35. The van der Waals surface area contributed by atoms with E-state index in [9.17, 15) is 4.79 Å². The van der Waals surface area contributed by atoms with Gasteiger partial charge in [0.15, 0.2) is 0 Å². The maximum atomic E-state index is 12.6. The van der Waals surface area contributed by atoms with Gasteiger partial charge in [-0.3, -0.25) is 9.69 Å². The van der Waals surface area contributed by atoms with E-state index < -0.39 is 0 Å². The average Bonchev–Trinajstić information content (AvgIpc) is 3.24. The fourth-order valence-electron chi connectivity index (χ4n) is 3.34. The summed E-state index contributed by atoms with van der Waals surface area (Å²) in [5.74, 6) is -0.0724. The van der Waals surface area contributed by atoms with Crippen LogP contribution in [0.1, 0.15) is 0 Å². The number of nitrogens with one attached hydrogen (secondary N) is 1. The van der Waals surface area contributed by atoms with Crippen LogP contribution in [0.3, 0.4) is 0 Å². The molecule has 7 nitrogen and oxygen atoms in total. The summed E-state index contributed by atoms with van der Waals surface area (Å²) in [6, 6.07) is 15.7. The zero-order chi connectivity index (χ0) is 19.3. The first-order chi connectivity index (χ1) is 13.7. The molecule has 144 valence electrons. The van der Waals surface area contributed by atoms with E-state index in [-0.39, 0.29) is 5.91 Å². The fourth-order valence-corrected chi connectivity index (χ4v) is 3.51. The van der Waals surface area contributed by atoms with Crippen molar-refractivity contribution >= 4 is 28.9 Å². The molecule has 0 unspecified atom stereocenters. The lowest BCUT2D eigenvalue weighted by atomic mass is 10.2. The maximum Gasteiger partial charge on any atom is 0.238 e. The summed E-state index contributed by atoms with van der Waals surface area (Å²) in [7, 11) is 0. The number of amides is 1. The molecule has 0 atom stereocenters. The number of nitrogens with zero attached hydrogens (tertiary/aromatic N) is 5. The van der Waals surface area contributed by atoms with Crippen molar-refractivity contribution in [2.45, 2.75) is 0 Å². The quantitative estimate of drug-likeness (QED) is 0.718. The summed E-state index contributed by atoms with van der Waals surface area (Å²) in [5, 5.41) is 7.65. The standard InChI is InChI=1S/C20H21ClN6O/c21-16-6-7-19(27-15-22-14-23-27)18(12-16)24-20(28)13-25-8-10-26(11-9-25)17-4-2-1-3-5-17/h1-7,12,14-15H,8-11,13H2,(H,24,28). The number of rotatable bonds is 5. The molecule has 1 aliphatic heterocycles. The van der Waals surface area contributed by atoms with Gasteiger partial charge in [0.2, 0.25) is 5.91 Å². The van der Waals surface area contributed by atoms with Gasteiger partial charge in [-0.25, -0.2) is 9.67 Å². The molecule has 0 spiro atoms. The number of hydrogen-bond donors (Lipinski definition) is 1. The Bertz CT molecular complexity index is 923. The van der Waals surface area contributed by atoms with Crippen LogP contribution in [0.5, 0.6) is 0 Å². The molecule has 8 heteroatoms. The summed E-state index contributed by atoms with van der Waals surface area (Å²) in [6.45, 7) is 3.82. The van der Waals surface area contributed by atoms with Gasteiger partial charge in [0.05, 0.1) is 17.9 Å². The Morgan fingerprint density at radius 2 is 1.86 bits per heavy atom. The fraction of sp³-hybridized carbons (Fsp3) is 0.250. The minimum atomic E-state index is -0.0724. The van der Waals surface area contributed by atoms with Crippen molar-refractivity contribution in [2.24, 2.45) is 0 Å². The van der Waals surface area contributed by atoms with E-state index in [0.717, 1.165) is 31.9 Å². The van der Waals surface area contributed by atoms with Gasteiger partial charge in [0.1, 0.15) is 12.7 Å². The van der Waals surface area contributed by atoms with Gasteiger partial charge in [-0.15, -0.1) is 0 Å². The summed E-state index contributed by atoms with van der Waals surface area (Å²) >= 11 is 6.12. The van der Waals surface area contributed by atoms with Crippen molar-refractivity contribution in [3.8, 4) is 5.69 Å². The number of carbonyl (C=O) groups excluding carboxylic acids is 1. The Kier molecular flexibility index (Phi) is 5.55. The number of aromatic nitrogens is 3. The van der Waals surface area contributed by atoms with Crippen LogP contribution in [0, 0.1) is 0 Å². The predicted octanol–water partition coefficient (Wildman–Crippen LogP) is 2.68. The number of anilines is 2. The Morgan fingerprint density at radius 1 is 1.07 bits per heavy atom. The van der Waals surface area contributed by atoms with E-state index in [4.69, 9.17) is 11.6 Å². The Balaban J connectivity index is 1.36. The molecule has 2 heterocycles. The molecule has 1 amide bonds. The number of halogens is 1. The first-order valence-corrected chi connectivity index (χ1v) is 9.53. The molecule has 1 N–H and O–H groups in total. The molecular weight excluding hydrogens is 376 g/mol. The van der Waals surface area contributed by atoms with Crippen molar-refractivity contribution in [1.29, 1.82) is 0 Å². The summed E-state index contributed by atoms with van der Waals surface area (Å²) in [5.41, 5.74) is 2.57. The minimum absolute atomic E-state index is 0.0724. The van der Waals surface area contributed by atoms with Gasteiger partial charge in [-0.05, 0) is 30.3 Å². The summed E-state index contributed by atoms with van der Waals surface area (Å²) in [6.07, 6.45) is 3.04. The van der Waals surface area contributed by atoms with E-state index in [1.165, 1.54) is 12.0 Å². The van der Waals surface area contributed by atoms with Gasteiger partial charge in [0, 0.05) is 36.9 Å². The van der Waals surface area contributed by atoms with Crippen molar-refractivity contribution < 1.29 is 4.79 Å². The highest BCUT2D eigenvalue weighted by molar-refractivity contribution is 6.31. The third-order valence-electron chi connectivity index (χ3n) is 4.76. The number of piperazine rings is 1. The van der Waals surface area contributed by atoms with Crippen LogP contribution >= 0.6 is 11.6 Å². The largest absolute Gasteiger partial charge is 0.369 e. The zero-order valence-electron chi connectivity index (χ0n) is 15.3. The lowest BCUT2D eigenvalue weighted by Crippen LogP contribution is -2.48. The number of para-hydroxylation sites is 1. The van der Waals surface area contributed by atoms with Crippen molar-refractivity contribution in [3.63, 3.8) is 0 Å². The summed E-state index contributed by atoms with van der Waals surface area (Å²) in [4.78, 5) is 21.1. The van der Waals surface area contributed by atoms with Crippen molar-refractivity contribution in [3.05, 3.63) is 66.2 Å². The normalized spacial score (nSPS) is 14.8. The second-order valence-electron chi connectivity index (χ2n) is 6.65.